The minimum atomic E-state index is -0.647. The number of hydrogen-bond donors (Lipinski definition) is 0. The molecule has 0 aromatic heterocycles. The summed E-state index contributed by atoms with van der Waals surface area (Å²) in [5.41, 5.74) is -1.30. The van der Waals surface area contributed by atoms with Crippen molar-refractivity contribution in [2.75, 3.05) is 13.1 Å². The average molecular weight is 327 g/mol. The molecule has 1 amide bonds. The third-order valence-electron chi connectivity index (χ3n) is 3.71. The molecular formula is C17H23F2NO3. The number of amides is 1. The number of carbonyl (C=O) groups is 1. The number of benzene rings is 1. The van der Waals surface area contributed by atoms with Gasteiger partial charge in [-0.05, 0) is 46.2 Å². The van der Waals surface area contributed by atoms with Crippen LogP contribution in [0.15, 0.2) is 18.2 Å². The molecule has 0 N–H and O–H groups in total. The Morgan fingerprint density at radius 3 is 2.48 bits per heavy atom. The minimum absolute atomic E-state index is 0.0931. The normalized spacial score (nSPS) is 21.6. The van der Waals surface area contributed by atoms with E-state index in [0.717, 1.165) is 0 Å². The fraction of sp³-hybridized carbons (Fsp3) is 0.588. The summed E-state index contributed by atoms with van der Waals surface area (Å²) in [6.45, 7) is 7.89. The number of rotatable bonds is 3. The first-order chi connectivity index (χ1) is 10.6. The number of likely N-dealkylation sites (tertiary alicyclic amines) is 1. The van der Waals surface area contributed by atoms with Crippen LogP contribution in [0.1, 0.15) is 39.7 Å². The maximum Gasteiger partial charge on any atom is 0.410 e. The summed E-state index contributed by atoms with van der Waals surface area (Å²) in [6.07, 6.45) is 0.185. The van der Waals surface area contributed by atoms with Gasteiger partial charge in [0, 0.05) is 12.1 Å². The predicted molar refractivity (Wildman–Crippen MR) is 82.0 cm³/mol. The van der Waals surface area contributed by atoms with Crippen molar-refractivity contribution in [2.45, 2.75) is 51.9 Å². The summed E-state index contributed by atoms with van der Waals surface area (Å²) in [5, 5.41) is 0. The molecule has 4 nitrogen and oxygen atoms in total. The van der Waals surface area contributed by atoms with E-state index < -0.39 is 28.9 Å². The van der Waals surface area contributed by atoms with Crippen LogP contribution in [0.4, 0.5) is 13.6 Å². The molecule has 0 saturated carbocycles. The number of ether oxygens (including phenoxy) is 2. The monoisotopic (exact) mass is 327 g/mol. The summed E-state index contributed by atoms with van der Waals surface area (Å²) in [7, 11) is 0. The summed E-state index contributed by atoms with van der Waals surface area (Å²) in [5.74, 6) is -1.26. The molecule has 1 atom stereocenters. The molecule has 1 fully saturated rings. The summed E-state index contributed by atoms with van der Waals surface area (Å²) < 4.78 is 38.3. The molecule has 0 aliphatic carbocycles. The highest BCUT2D eigenvalue weighted by Gasteiger charge is 2.38. The van der Waals surface area contributed by atoms with Crippen molar-refractivity contribution in [3.63, 3.8) is 0 Å². The van der Waals surface area contributed by atoms with Crippen LogP contribution in [-0.2, 0) is 16.1 Å². The Kier molecular flexibility index (Phi) is 4.94. The van der Waals surface area contributed by atoms with Gasteiger partial charge >= 0.3 is 6.09 Å². The zero-order valence-corrected chi connectivity index (χ0v) is 14.0. The maximum atomic E-state index is 13.6. The van der Waals surface area contributed by atoms with E-state index >= 15 is 0 Å². The molecule has 6 heteroatoms. The molecule has 0 bridgehead atoms. The van der Waals surface area contributed by atoms with E-state index in [0.29, 0.717) is 19.5 Å². The third-order valence-corrected chi connectivity index (χ3v) is 3.71. The number of halogens is 2. The molecule has 1 aliphatic rings. The molecule has 1 heterocycles. The Bertz CT molecular complexity index is 565. The third kappa shape index (κ3) is 4.64. The lowest BCUT2D eigenvalue weighted by atomic mass is 10.1. The highest BCUT2D eigenvalue weighted by molar-refractivity contribution is 5.68. The minimum Gasteiger partial charge on any atom is -0.444 e. The van der Waals surface area contributed by atoms with Gasteiger partial charge in [0.15, 0.2) is 0 Å². The summed E-state index contributed by atoms with van der Waals surface area (Å²) in [6, 6.07) is 3.72. The molecule has 1 saturated heterocycles. The second-order valence-corrected chi connectivity index (χ2v) is 7.09. The standard InChI is InChI=1S/C17H23F2NO3/c1-16(2,3)23-15(21)20-9-8-17(4,11-20)22-10-12-13(18)6-5-7-14(12)19/h5-7H,8-11H2,1-4H3. The van der Waals surface area contributed by atoms with Crippen LogP contribution >= 0.6 is 0 Å². The molecule has 2 rings (SSSR count). The smallest absolute Gasteiger partial charge is 0.410 e. The van der Waals surface area contributed by atoms with E-state index in [2.05, 4.69) is 0 Å². The van der Waals surface area contributed by atoms with E-state index in [4.69, 9.17) is 9.47 Å². The molecule has 1 aromatic rings. The fourth-order valence-corrected chi connectivity index (χ4v) is 2.45. The van der Waals surface area contributed by atoms with Gasteiger partial charge in [-0.15, -0.1) is 0 Å². The Hall–Kier alpha value is -1.69. The quantitative estimate of drug-likeness (QED) is 0.846. The van der Waals surface area contributed by atoms with Crippen molar-refractivity contribution >= 4 is 6.09 Å². The zero-order valence-electron chi connectivity index (χ0n) is 14.0. The summed E-state index contributed by atoms with van der Waals surface area (Å²) >= 11 is 0. The van der Waals surface area contributed by atoms with Gasteiger partial charge in [0.2, 0.25) is 0 Å². The van der Waals surface area contributed by atoms with Gasteiger partial charge in [0.25, 0.3) is 0 Å². The van der Waals surface area contributed by atoms with Crippen LogP contribution in [0.25, 0.3) is 0 Å². The molecule has 128 valence electrons. The number of carbonyl (C=O) groups excluding carboxylic acids is 1. The molecule has 0 radical (unpaired) electrons. The van der Waals surface area contributed by atoms with Crippen LogP contribution in [0, 0.1) is 11.6 Å². The Morgan fingerprint density at radius 2 is 1.91 bits per heavy atom. The highest BCUT2D eigenvalue weighted by Crippen LogP contribution is 2.28. The van der Waals surface area contributed by atoms with Gasteiger partial charge in [-0.2, -0.15) is 0 Å². The van der Waals surface area contributed by atoms with Crippen LogP contribution in [-0.4, -0.2) is 35.3 Å². The predicted octanol–water partition coefficient (Wildman–Crippen LogP) is 3.88. The van der Waals surface area contributed by atoms with Crippen molar-refractivity contribution in [1.29, 1.82) is 0 Å². The van der Waals surface area contributed by atoms with E-state index in [1.807, 2.05) is 6.92 Å². The lowest BCUT2D eigenvalue weighted by molar-refractivity contribution is -0.0393. The van der Waals surface area contributed by atoms with E-state index in [9.17, 15) is 13.6 Å². The van der Waals surface area contributed by atoms with Gasteiger partial charge in [-0.1, -0.05) is 6.07 Å². The fourth-order valence-electron chi connectivity index (χ4n) is 2.45. The highest BCUT2D eigenvalue weighted by atomic mass is 19.1. The van der Waals surface area contributed by atoms with Gasteiger partial charge in [-0.3, -0.25) is 0 Å². The molecule has 1 unspecified atom stereocenters. The van der Waals surface area contributed by atoms with E-state index in [1.54, 1.807) is 25.7 Å². The molecule has 0 spiro atoms. The maximum absolute atomic E-state index is 13.6. The lowest BCUT2D eigenvalue weighted by Gasteiger charge is -2.27. The number of hydrogen-bond acceptors (Lipinski definition) is 3. The van der Waals surface area contributed by atoms with Crippen molar-refractivity contribution in [1.82, 2.24) is 4.90 Å². The van der Waals surface area contributed by atoms with Crippen molar-refractivity contribution in [3.8, 4) is 0 Å². The largest absolute Gasteiger partial charge is 0.444 e. The lowest BCUT2D eigenvalue weighted by Crippen LogP contribution is -2.39. The first kappa shape index (κ1) is 17.7. The van der Waals surface area contributed by atoms with Gasteiger partial charge in [-0.25, -0.2) is 13.6 Å². The van der Waals surface area contributed by atoms with Gasteiger partial charge in [0.05, 0.1) is 18.8 Å². The Balaban J connectivity index is 1.95. The molecule has 23 heavy (non-hydrogen) atoms. The van der Waals surface area contributed by atoms with Crippen LogP contribution in [0.5, 0.6) is 0 Å². The van der Waals surface area contributed by atoms with Crippen LogP contribution < -0.4 is 0 Å². The SMILES string of the molecule is CC(C)(C)OC(=O)N1CCC(C)(OCc2c(F)cccc2F)C1. The van der Waals surface area contributed by atoms with E-state index in [-0.39, 0.29) is 12.2 Å². The van der Waals surface area contributed by atoms with Crippen molar-refractivity contribution in [3.05, 3.63) is 35.4 Å². The van der Waals surface area contributed by atoms with E-state index in [1.165, 1.54) is 18.2 Å². The van der Waals surface area contributed by atoms with Crippen LogP contribution in [0.3, 0.4) is 0 Å². The second kappa shape index (κ2) is 6.43. The topological polar surface area (TPSA) is 38.8 Å². The van der Waals surface area contributed by atoms with Crippen molar-refractivity contribution < 1.29 is 23.0 Å². The molecule has 1 aromatic carbocycles. The first-order valence-electron chi connectivity index (χ1n) is 7.64. The number of nitrogens with zero attached hydrogens (tertiary/aromatic N) is 1. The first-order valence-corrected chi connectivity index (χ1v) is 7.64. The molecule has 1 aliphatic heterocycles. The average Bonchev–Trinajstić information content (AvgIpc) is 2.79. The Morgan fingerprint density at radius 1 is 1.30 bits per heavy atom. The summed E-state index contributed by atoms with van der Waals surface area (Å²) in [4.78, 5) is 13.6. The van der Waals surface area contributed by atoms with Gasteiger partial charge in [0.1, 0.15) is 17.2 Å². The Labute approximate surface area is 135 Å². The zero-order chi connectivity index (χ0) is 17.3. The van der Waals surface area contributed by atoms with Gasteiger partial charge < -0.3 is 14.4 Å². The van der Waals surface area contributed by atoms with Crippen LogP contribution in [0.2, 0.25) is 0 Å². The second-order valence-electron chi connectivity index (χ2n) is 7.09. The van der Waals surface area contributed by atoms with Crippen molar-refractivity contribution in [2.24, 2.45) is 0 Å². The molecular weight excluding hydrogens is 304 g/mol.